The third-order valence-electron chi connectivity index (χ3n) is 4.38. The van der Waals surface area contributed by atoms with E-state index in [-0.39, 0.29) is 18.5 Å². The quantitative estimate of drug-likeness (QED) is 0.870. The number of carbonyl (C=O) groups excluding carboxylic acids is 1. The molecular formula is C17H19N3O3. The van der Waals surface area contributed by atoms with Crippen LogP contribution in [-0.4, -0.2) is 40.3 Å². The van der Waals surface area contributed by atoms with Gasteiger partial charge in [0, 0.05) is 18.9 Å². The molecule has 0 radical (unpaired) electrons. The van der Waals surface area contributed by atoms with Crippen molar-refractivity contribution in [1.82, 2.24) is 14.7 Å². The number of carbonyl (C=O) groups is 1. The Morgan fingerprint density at radius 1 is 1.26 bits per heavy atom. The van der Waals surface area contributed by atoms with Crippen LogP contribution >= 0.6 is 0 Å². The summed E-state index contributed by atoms with van der Waals surface area (Å²) in [7, 11) is 0. The normalized spacial score (nSPS) is 19.8. The number of fused-ring (bicyclic) bond motifs is 1. The lowest BCUT2D eigenvalue weighted by Crippen LogP contribution is -2.33. The van der Waals surface area contributed by atoms with Crippen molar-refractivity contribution in [3.8, 4) is 11.5 Å². The van der Waals surface area contributed by atoms with Crippen LogP contribution in [0.1, 0.15) is 24.4 Å². The smallest absolute Gasteiger partial charge is 0.244 e. The van der Waals surface area contributed by atoms with Crippen LogP contribution in [0, 0.1) is 0 Å². The predicted molar refractivity (Wildman–Crippen MR) is 83.3 cm³/mol. The Kier molecular flexibility index (Phi) is 3.65. The SMILES string of the molecule is O=C(Cn1cccn1)N1CCCC1c1ccc2c(c1)OCCO2. The fraction of sp³-hybridized carbons (Fsp3) is 0.412. The van der Waals surface area contributed by atoms with Gasteiger partial charge in [-0.15, -0.1) is 0 Å². The van der Waals surface area contributed by atoms with Crippen molar-refractivity contribution in [3.63, 3.8) is 0 Å². The number of hydrogen-bond donors (Lipinski definition) is 0. The summed E-state index contributed by atoms with van der Waals surface area (Å²) in [6.45, 7) is 2.24. The lowest BCUT2D eigenvalue weighted by atomic mass is 10.0. The molecule has 6 nitrogen and oxygen atoms in total. The van der Waals surface area contributed by atoms with Crippen LogP contribution in [0.2, 0.25) is 0 Å². The zero-order valence-corrected chi connectivity index (χ0v) is 12.9. The van der Waals surface area contributed by atoms with Crippen LogP contribution < -0.4 is 9.47 Å². The number of amides is 1. The summed E-state index contributed by atoms with van der Waals surface area (Å²) in [5, 5.41) is 4.12. The molecule has 23 heavy (non-hydrogen) atoms. The molecule has 1 unspecified atom stereocenters. The Morgan fingerprint density at radius 3 is 2.96 bits per heavy atom. The largest absolute Gasteiger partial charge is 0.486 e. The van der Waals surface area contributed by atoms with E-state index in [0.717, 1.165) is 36.4 Å². The number of nitrogens with zero attached hydrogens (tertiary/aromatic N) is 3. The number of hydrogen-bond acceptors (Lipinski definition) is 4. The van der Waals surface area contributed by atoms with Gasteiger partial charge in [0.1, 0.15) is 19.8 Å². The maximum absolute atomic E-state index is 12.6. The molecular weight excluding hydrogens is 294 g/mol. The van der Waals surface area contributed by atoms with Gasteiger partial charge in [-0.2, -0.15) is 5.10 Å². The fourth-order valence-electron chi connectivity index (χ4n) is 3.30. The minimum Gasteiger partial charge on any atom is -0.486 e. The van der Waals surface area contributed by atoms with Crippen molar-refractivity contribution < 1.29 is 14.3 Å². The molecule has 0 spiro atoms. The van der Waals surface area contributed by atoms with Gasteiger partial charge < -0.3 is 14.4 Å². The second-order valence-corrected chi connectivity index (χ2v) is 5.85. The summed E-state index contributed by atoms with van der Waals surface area (Å²) in [5.41, 5.74) is 1.11. The van der Waals surface area contributed by atoms with E-state index in [1.54, 1.807) is 10.9 Å². The first-order valence-corrected chi connectivity index (χ1v) is 7.98. The summed E-state index contributed by atoms with van der Waals surface area (Å²) < 4.78 is 12.9. The van der Waals surface area contributed by atoms with Crippen LogP contribution in [0.4, 0.5) is 0 Å². The molecule has 0 saturated carbocycles. The fourth-order valence-corrected chi connectivity index (χ4v) is 3.30. The van der Waals surface area contributed by atoms with Crippen molar-refractivity contribution in [2.45, 2.75) is 25.4 Å². The van der Waals surface area contributed by atoms with Crippen LogP contribution in [0.25, 0.3) is 0 Å². The maximum Gasteiger partial charge on any atom is 0.244 e. The molecule has 0 N–H and O–H groups in total. The standard InChI is InChI=1S/C17H19N3O3/c21-17(12-19-7-2-6-18-19)20-8-1-3-14(20)13-4-5-15-16(11-13)23-10-9-22-15/h2,4-7,11,14H,1,3,8-10,12H2. The Bertz CT molecular complexity index is 699. The van der Waals surface area contributed by atoms with Gasteiger partial charge in [-0.3, -0.25) is 9.48 Å². The van der Waals surface area contributed by atoms with Gasteiger partial charge in [0.25, 0.3) is 0 Å². The van der Waals surface area contributed by atoms with Gasteiger partial charge >= 0.3 is 0 Å². The van der Waals surface area contributed by atoms with Crippen molar-refractivity contribution in [2.75, 3.05) is 19.8 Å². The van der Waals surface area contributed by atoms with Crippen LogP contribution in [0.5, 0.6) is 11.5 Å². The Morgan fingerprint density at radius 2 is 2.13 bits per heavy atom. The first-order chi connectivity index (χ1) is 11.3. The minimum absolute atomic E-state index is 0.103. The highest BCUT2D eigenvalue weighted by Crippen LogP contribution is 2.38. The molecule has 0 bridgehead atoms. The monoisotopic (exact) mass is 313 g/mol. The first kappa shape index (κ1) is 14.1. The summed E-state index contributed by atoms with van der Waals surface area (Å²) in [6.07, 6.45) is 5.50. The molecule has 3 heterocycles. The van der Waals surface area contributed by atoms with Gasteiger partial charge in [0.05, 0.1) is 6.04 Å². The van der Waals surface area contributed by atoms with Crippen molar-refractivity contribution >= 4 is 5.91 Å². The molecule has 1 fully saturated rings. The van der Waals surface area contributed by atoms with Crippen LogP contribution in [0.3, 0.4) is 0 Å². The molecule has 1 saturated heterocycles. The number of rotatable bonds is 3. The van der Waals surface area contributed by atoms with E-state index in [0.29, 0.717) is 13.2 Å². The van der Waals surface area contributed by atoms with E-state index in [1.165, 1.54) is 0 Å². The topological polar surface area (TPSA) is 56.6 Å². The minimum atomic E-state index is 0.103. The van der Waals surface area contributed by atoms with E-state index in [4.69, 9.17) is 9.47 Å². The lowest BCUT2D eigenvalue weighted by Gasteiger charge is -2.26. The third-order valence-corrected chi connectivity index (χ3v) is 4.38. The molecule has 2 aliphatic heterocycles. The molecule has 4 rings (SSSR count). The summed E-state index contributed by atoms with van der Waals surface area (Å²) in [6, 6.07) is 7.93. The highest BCUT2D eigenvalue weighted by atomic mass is 16.6. The average molecular weight is 313 g/mol. The second-order valence-electron chi connectivity index (χ2n) is 5.85. The Hall–Kier alpha value is -2.50. The van der Waals surface area contributed by atoms with E-state index in [9.17, 15) is 4.79 Å². The highest BCUT2D eigenvalue weighted by Gasteiger charge is 2.30. The molecule has 120 valence electrons. The van der Waals surface area contributed by atoms with E-state index in [2.05, 4.69) is 5.10 Å². The van der Waals surface area contributed by atoms with E-state index in [1.807, 2.05) is 35.4 Å². The molecule has 1 atom stereocenters. The summed E-state index contributed by atoms with van der Waals surface area (Å²) in [4.78, 5) is 14.5. The van der Waals surface area contributed by atoms with Crippen LogP contribution in [-0.2, 0) is 11.3 Å². The number of benzene rings is 1. The zero-order valence-electron chi connectivity index (χ0n) is 12.9. The van der Waals surface area contributed by atoms with Crippen molar-refractivity contribution in [2.24, 2.45) is 0 Å². The van der Waals surface area contributed by atoms with Gasteiger partial charge in [-0.05, 0) is 36.6 Å². The van der Waals surface area contributed by atoms with E-state index >= 15 is 0 Å². The Balaban J connectivity index is 1.54. The zero-order chi connectivity index (χ0) is 15.6. The highest BCUT2D eigenvalue weighted by molar-refractivity contribution is 5.76. The van der Waals surface area contributed by atoms with E-state index < -0.39 is 0 Å². The van der Waals surface area contributed by atoms with Gasteiger partial charge in [-0.25, -0.2) is 0 Å². The van der Waals surface area contributed by atoms with Crippen molar-refractivity contribution in [3.05, 3.63) is 42.2 Å². The van der Waals surface area contributed by atoms with Gasteiger partial charge in [0.2, 0.25) is 5.91 Å². The molecule has 1 amide bonds. The first-order valence-electron chi connectivity index (χ1n) is 7.98. The van der Waals surface area contributed by atoms with Gasteiger partial charge in [0.15, 0.2) is 11.5 Å². The maximum atomic E-state index is 12.6. The average Bonchev–Trinajstić information content (AvgIpc) is 3.25. The molecule has 0 aliphatic carbocycles. The second kappa shape index (κ2) is 5.95. The Labute approximate surface area is 134 Å². The predicted octanol–water partition coefficient (Wildman–Crippen LogP) is 2.02. The molecule has 2 aliphatic rings. The summed E-state index contributed by atoms with van der Waals surface area (Å²) >= 11 is 0. The molecule has 1 aromatic heterocycles. The number of ether oxygens (including phenoxy) is 2. The number of likely N-dealkylation sites (tertiary alicyclic amines) is 1. The van der Waals surface area contributed by atoms with Crippen molar-refractivity contribution in [1.29, 1.82) is 0 Å². The van der Waals surface area contributed by atoms with Crippen LogP contribution in [0.15, 0.2) is 36.7 Å². The molecule has 1 aromatic carbocycles. The number of aromatic nitrogens is 2. The summed E-state index contributed by atoms with van der Waals surface area (Å²) in [5.74, 6) is 1.67. The lowest BCUT2D eigenvalue weighted by molar-refractivity contribution is -0.133. The van der Waals surface area contributed by atoms with Gasteiger partial charge in [-0.1, -0.05) is 6.07 Å². The third kappa shape index (κ3) is 2.76. The molecule has 2 aromatic rings. The molecule has 6 heteroatoms.